The number of hydrazone groups is 1. The molecule has 0 radical (unpaired) electrons. The molecule has 1 aliphatic heterocycles. The third-order valence-corrected chi connectivity index (χ3v) is 4.02. The Bertz CT molecular complexity index is 767. The lowest BCUT2D eigenvalue weighted by Gasteiger charge is -2.29. The topological polar surface area (TPSA) is 62.6 Å². The first kappa shape index (κ1) is 17.3. The van der Waals surface area contributed by atoms with Crippen molar-refractivity contribution in [2.24, 2.45) is 5.10 Å². The average molecular weight is 343 g/mol. The highest BCUT2D eigenvalue weighted by Crippen LogP contribution is 2.22. The molecule has 1 aromatic carbocycles. The van der Waals surface area contributed by atoms with E-state index in [1.54, 1.807) is 6.07 Å². The number of anilines is 2. The molecular weight excluding hydrogens is 321 g/mol. The van der Waals surface area contributed by atoms with Crippen LogP contribution < -0.4 is 10.3 Å². The minimum Gasteiger partial charge on any atom is -0.378 e. The van der Waals surface area contributed by atoms with Crippen molar-refractivity contribution in [1.82, 2.24) is 9.97 Å². The second-order valence-electron chi connectivity index (χ2n) is 6.05. The molecule has 7 heteroatoms. The summed E-state index contributed by atoms with van der Waals surface area (Å²) in [6, 6.07) is 7.06. The number of hydrogen-bond acceptors (Lipinski definition) is 6. The fraction of sp³-hybridized carbons (Fsp3) is 0.389. The van der Waals surface area contributed by atoms with Gasteiger partial charge in [0, 0.05) is 30.0 Å². The van der Waals surface area contributed by atoms with Crippen LogP contribution in [0.5, 0.6) is 0 Å². The summed E-state index contributed by atoms with van der Waals surface area (Å²) in [5.41, 5.74) is 6.55. The predicted octanol–water partition coefficient (Wildman–Crippen LogP) is 2.91. The molecule has 0 bridgehead atoms. The van der Waals surface area contributed by atoms with Crippen LogP contribution in [0.1, 0.15) is 23.9 Å². The Morgan fingerprint density at radius 1 is 1.16 bits per heavy atom. The van der Waals surface area contributed by atoms with Gasteiger partial charge in [0.25, 0.3) is 0 Å². The van der Waals surface area contributed by atoms with Gasteiger partial charge >= 0.3 is 0 Å². The lowest BCUT2D eigenvalue weighted by atomic mass is 10.1. The van der Waals surface area contributed by atoms with E-state index in [1.807, 2.05) is 37.8 Å². The van der Waals surface area contributed by atoms with Gasteiger partial charge in [0.1, 0.15) is 5.82 Å². The van der Waals surface area contributed by atoms with Gasteiger partial charge in [0.15, 0.2) is 0 Å². The van der Waals surface area contributed by atoms with E-state index in [2.05, 4.69) is 20.5 Å². The number of halogens is 1. The molecule has 3 rings (SSSR count). The molecule has 0 atom stereocenters. The zero-order chi connectivity index (χ0) is 17.8. The quantitative estimate of drug-likeness (QED) is 0.683. The molecule has 25 heavy (non-hydrogen) atoms. The number of benzene rings is 1. The van der Waals surface area contributed by atoms with E-state index in [0.717, 1.165) is 11.4 Å². The number of aromatic nitrogens is 2. The second-order valence-corrected chi connectivity index (χ2v) is 6.05. The molecule has 2 aromatic rings. The van der Waals surface area contributed by atoms with Crippen molar-refractivity contribution in [1.29, 1.82) is 0 Å². The van der Waals surface area contributed by atoms with Gasteiger partial charge in [0.05, 0.1) is 24.6 Å². The lowest BCUT2D eigenvalue weighted by Crippen LogP contribution is -2.36. The molecule has 132 valence electrons. The van der Waals surface area contributed by atoms with Gasteiger partial charge in [-0.2, -0.15) is 5.10 Å². The van der Waals surface area contributed by atoms with Crippen molar-refractivity contribution in [3.8, 4) is 0 Å². The SMILES string of the molecule is CC(=NNc1nc(C)cc(C)n1)c1ccc(N2CCOCC2)c(F)c1. The first-order valence-electron chi connectivity index (χ1n) is 8.28. The van der Waals surface area contributed by atoms with Crippen LogP contribution in [0.3, 0.4) is 0 Å². The number of nitrogens with zero attached hydrogens (tertiary/aromatic N) is 4. The lowest BCUT2D eigenvalue weighted by molar-refractivity contribution is 0.122. The zero-order valence-corrected chi connectivity index (χ0v) is 14.7. The summed E-state index contributed by atoms with van der Waals surface area (Å²) in [6.45, 7) is 8.28. The molecule has 6 nitrogen and oxygen atoms in total. The zero-order valence-electron chi connectivity index (χ0n) is 14.7. The van der Waals surface area contributed by atoms with Gasteiger partial charge in [-0.3, -0.25) is 0 Å². The Kier molecular flexibility index (Phi) is 5.23. The summed E-state index contributed by atoms with van der Waals surface area (Å²) < 4.78 is 19.8. The maximum atomic E-state index is 14.5. The molecule has 1 fully saturated rings. The summed E-state index contributed by atoms with van der Waals surface area (Å²) in [4.78, 5) is 10.5. The maximum absolute atomic E-state index is 14.5. The first-order valence-corrected chi connectivity index (χ1v) is 8.28. The smallest absolute Gasteiger partial charge is 0.243 e. The van der Waals surface area contributed by atoms with Crippen LogP contribution in [0.15, 0.2) is 29.4 Å². The number of rotatable bonds is 4. The van der Waals surface area contributed by atoms with Crippen LogP contribution >= 0.6 is 0 Å². The fourth-order valence-corrected chi connectivity index (χ4v) is 2.77. The molecule has 0 saturated carbocycles. The Balaban J connectivity index is 1.75. The van der Waals surface area contributed by atoms with Crippen molar-refractivity contribution >= 4 is 17.3 Å². The molecule has 1 aromatic heterocycles. The normalized spacial score (nSPS) is 15.4. The first-order chi connectivity index (χ1) is 12.0. The van der Waals surface area contributed by atoms with Crippen LogP contribution in [-0.4, -0.2) is 42.0 Å². The molecule has 0 unspecified atom stereocenters. The van der Waals surface area contributed by atoms with Crippen LogP contribution in [-0.2, 0) is 4.74 Å². The maximum Gasteiger partial charge on any atom is 0.243 e. The summed E-state index contributed by atoms with van der Waals surface area (Å²) in [5, 5.41) is 4.27. The van der Waals surface area contributed by atoms with Crippen LogP contribution in [0, 0.1) is 19.7 Å². The third-order valence-electron chi connectivity index (χ3n) is 4.02. The minimum absolute atomic E-state index is 0.253. The summed E-state index contributed by atoms with van der Waals surface area (Å²) in [7, 11) is 0. The fourth-order valence-electron chi connectivity index (χ4n) is 2.77. The molecule has 1 saturated heterocycles. The summed E-state index contributed by atoms with van der Waals surface area (Å²) in [6.07, 6.45) is 0. The van der Waals surface area contributed by atoms with E-state index in [-0.39, 0.29) is 5.82 Å². The van der Waals surface area contributed by atoms with E-state index in [9.17, 15) is 4.39 Å². The van der Waals surface area contributed by atoms with Gasteiger partial charge in [-0.05, 0) is 39.0 Å². The number of morpholine rings is 1. The van der Waals surface area contributed by atoms with Crippen molar-refractivity contribution in [2.75, 3.05) is 36.6 Å². The predicted molar refractivity (Wildman–Crippen MR) is 96.8 cm³/mol. The molecular formula is C18H22FN5O. The number of nitrogens with one attached hydrogen (secondary N) is 1. The van der Waals surface area contributed by atoms with Crippen molar-refractivity contribution in [3.63, 3.8) is 0 Å². The Morgan fingerprint density at radius 3 is 2.48 bits per heavy atom. The second kappa shape index (κ2) is 7.57. The van der Waals surface area contributed by atoms with Crippen LogP contribution in [0.25, 0.3) is 0 Å². The Hall–Kier alpha value is -2.54. The molecule has 0 amide bonds. The van der Waals surface area contributed by atoms with Gasteiger partial charge in [-0.1, -0.05) is 6.07 Å². The van der Waals surface area contributed by atoms with Gasteiger partial charge < -0.3 is 9.64 Å². The van der Waals surface area contributed by atoms with E-state index in [1.165, 1.54) is 6.07 Å². The third kappa shape index (κ3) is 4.30. The highest BCUT2D eigenvalue weighted by atomic mass is 19.1. The molecule has 1 N–H and O–H groups in total. The van der Waals surface area contributed by atoms with Gasteiger partial charge in [-0.15, -0.1) is 0 Å². The van der Waals surface area contributed by atoms with E-state index in [4.69, 9.17) is 4.74 Å². The van der Waals surface area contributed by atoms with Crippen molar-refractivity contribution < 1.29 is 9.13 Å². The van der Waals surface area contributed by atoms with Crippen LogP contribution in [0.2, 0.25) is 0 Å². The van der Waals surface area contributed by atoms with Gasteiger partial charge in [-0.25, -0.2) is 19.8 Å². The molecule has 2 heterocycles. The average Bonchev–Trinajstić information content (AvgIpc) is 2.59. The summed E-state index contributed by atoms with van der Waals surface area (Å²) >= 11 is 0. The van der Waals surface area contributed by atoms with E-state index in [0.29, 0.717) is 49.2 Å². The standard InChI is InChI=1S/C18H22FN5O/c1-12-10-13(2)21-18(20-12)23-22-14(3)15-4-5-17(16(19)11-15)24-6-8-25-9-7-24/h4-5,10-11H,6-9H2,1-3H3,(H,20,21,23). The number of ether oxygens (including phenoxy) is 1. The van der Waals surface area contributed by atoms with Crippen LogP contribution in [0.4, 0.5) is 16.0 Å². The number of aryl methyl sites for hydroxylation is 2. The largest absolute Gasteiger partial charge is 0.378 e. The highest BCUT2D eigenvalue weighted by Gasteiger charge is 2.15. The van der Waals surface area contributed by atoms with E-state index < -0.39 is 0 Å². The molecule has 1 aliphatic rings. The van der Waals surface area contributed by atoms with Crippen molar-refractivity contribution in [2.45, 2.75) is 20.8 Å². The van der Waals surface area contributed by atoms with E-state index >= 15 is 0 Å². The van der Waals surface area contributed by atoms with Crippen molar-refractivity contribution in [3.05, 3.63) is 47.0 Å². The minimum atomic E-state index is -0.253. The number of hydrogen-bond donors (Lipinski definition) is 1. The monoisotopic (exact) mass is 343 g/mol. The summed E-state index contributed by atoms with van der Waals surface area (Å²) in [5.74, 6) is 0.179. The highest BCUT2D eigenvalue weighted by molar-refractivity contribution is 5.99. The van der Waals surface area contributed by atoms with Gasteiger partial charge in [0.2, 0.25) is 5.95 Å². The Labute approximate surface area is 146 Å². The molecule has 0 spiro atoms. The Morgan fingerprint density at radius 2 is 1.84 bits per heavy atom. The molecule has 0 aliphatic carbocycles.